The van der Waals surface area contributed by atoms with Crippen molar-refractivity contribution in [1.82, 2.24) is 4.90 Å². The zero-order valence-electron chi connectivity index (χ0n) is 16.5. The van der Waals surface area contributed by atoms with Gasteiger partial charge in [-0.25, -0.2) is 0 Å². The van der Waals surface area contributed by atoms with E-state index in [0.717, 1.165) is 15.6 Å². The van der Waals surface area contributed by atoms with Gasteiger partial charge < -0.3 is 4.90 Å². The largest absolute Gasteiger partial charge is 0.366 e. The lowest BCUT2D eigenvalue weighted by Gasteiger charge is -2.40. The Hall–Kier alpha value is -2.01. The van der Waals surface area contributed by atoms with Crippen molar-refractivity contribution in [2.75, 3.05) is 25.0 Å². The number of anilines is 1. The van der Waals surface area contributed by atoms with Gasteiger partial charge in [-0.3, -0.25) is 14.7 Å². The third kappa shape index (κ3) is 3.20. The first-order chi connectivity index (χ1) is 12.3. The van der Waals surface area contributed by atoms with E-state index in [-0.39, 0.29) is 11.4 Å². The molecule has 0 bridgehead atoms. The van der Waals surface area contributed by atoms with Crippen LogP contribution in [0.1, 0.15) is 45.7 Å². The van der Waals surface area contributed by atoms with Crippen molar-refractivity contribution in [2.45, 2.75) is 40.2 Å². The number of amides is 1. The Kier molecular flexibility index (Phi) is 5.02. The van der Waals surface area contributed by atoms with E-state index in [1.54, 1.807) is 4.90 Å². The molecule has 3 rings (SSSR count). The third-order valence-corrected chi connectivity index (χ3v) is 6.08. The highest BCUT2D eigenvalue weighted by Gasteiger charge is 2.32. The lowest BCUT2D eigenvalue weighted by atomic mass is 9.88. The monoisotopic (exact) mass is 369 g/mol. The van der Waals surface area contributed by atoms with Crippen molar-refractivity contribution in [3.63, 3.8) is 0 Å². The molecule has 1 aromatic carbocycles. The Morgan fingerprint density at radius 1 is 1.27 bits per heavy atom. The summed E-state index contributed by atoms with van der Waals surface area (Å²) in [5.74, 6) is 0.0490. The summed E-state index contributed by atoms with van der Waals surface area (Å²) in [6.07, 6.45) is 4.29. The maximum Gasteiger partial charge on any atom is 0.266 e. The minimum atomic E-state index is 0.00147. The van der Waals surface area contributed by atoms with E-state index < -0.39 is 0 Å². The summed E-state index contributed by atoms with van der Waals surface area (Å²) in [6, 6.07) is 6.43. The molecular weight excluding hydrogens is 342 g/mol. The number of amidine groups is 1. The van der Waals surface area contributed by atoms with Gasteiger partial charge in [0.1, 0.15) is 0 Å². The summed E-state index contributed by atoms with van der Waals surface area (Å²) in [4.78, 5) is 21.9. The Morgan fingerprint density at radius 2 is 2.00 bits per heavy atom. The van der Waals surface area contributed by atoms with Crippen molar-refractivity contribution >= 4 is 40.2 Å². The van der Waals surface area contributed by atoms with Gasteiger partial charge in [-0.15, -0.1) is 0 Å². The topological polar surface area (TPSA) is 35.9 Å². The van der Waals surface area contributed by atoms with Crippen molar-refractivity contribution in [1.29, 1.82) is 0 Å². The number of nitrogens with zero attached hydrogens (tertiary/aromatic N) is 3. The fourth-order valence-electron chi connectivity index (χ4n) is 3.46. The van der Waals surface area contributed by atoms with Crippen LogP contribution in [-0.2, 0) is 4.79 Å². The van der Waals surface area contributed by atoms with Crippen LogP contribution >= 0.6 is 11.8 Å². The van der Waals surface area contributed by atoms with E-state index in [9.17, 15) is 4.79 Å². The van der Waals surface area contributed by atoms with Gasteiger partial charge in [0.25, 0.3) is 5.91 Å². The highest BCUT2D eigenvalue weighted by Crippen LogP contribution is 2.39. The zero-order chi connectivity index (χ0) is 19.1. The molecule has 2 aliphatic heterocycles. The number of benzene rings is 1. The molecule has 0 N–H and O–H groups in total. The highest BCUT2D eigenvalue weighted by atomic mass is 32.2. The van der Waals surface area contributed by atoms with Gasteiger partial charge in [0.2, 0.25) is 0 Å². The van der Waals surface area contributed by atoms with E-state index in [1.807, 2.05) is 19.9 Å². The smallest absolute Gasteiger partial charge is 0.266 e. The number of rotatable bonds is 3. The Labute approximate surface area is 160 Å². The standard InChI is InChI=1S/C21H27N3OS/c1-7-22-20-24(8-2)19(25)18(26-20)12-15-9-10-17-16(11-15)14(3)13-21(4,5)23(17)6/h9-13H,7-8H2,1-6H3/b18-12+,22-20?. The van der Waals surface area contributed by atoms with Crippen LogP contribution in [0, 0.1) is 0 Å². The van der Waals surface area contributed by atoms with Crippen LogP contribution in [0.2, 0.25) is 0 Å². The first kappa shape index (κ1) is 18.8. The molecule has 2 heterocycles. The summed E-state index contributed by atoms with van der Waals surface area (Å²) in [6.45, 7) is 11.9. The Balaban J connectivity index is 1.98. The van der Waals surface area contributed by atoms with Gasteiger partial charge in [0, 0.05) is 31.4 Å². The molecule has 4 nitrogen and oxygen atoms in total. The average Bonchev–Trinajstić information content (AvgIpc) is 2.88. The number of hydrogen-bond acceptors (Lipinski definition) is 4. The summed E-state index contributed by atoms with van der Waals surface area (Å²) in [5.41, 5.74) is 4.78. The van der Waals surface area contributed by atoms with Gasteiger partial charge in [-0.1, -0.05) is 12.1 Å². The zero-order valence-corrected chi connectivity index (χ0v) is 17.3. The average molecular weight is 370 g/mol. The molecule has 0 radical (unpaired) electrons. The third-order valence-electron chi connectivity index (χ3n) is 5.04. The summed E-state index contributed by atoms with van der Waals surface area (Å²) < 4.78 is 0. The van der Waals surface area contributed by atoms with E-state index in [4.69, 9.17) is 0 Å². The van der Waals surface area contributed by atoms with Crippen molar-refractivity contribution in [3.8, 4) is 0 Å². The molecule has 2 aliphatic rings. The van der Waals surface area contributed by atoms with Crippen LogP contribution in [0.3, 0.4) is 0 Å². The Morgan fingerprint density at radius 3 is 2.65 bits per heavy atom. The minimum Gasteiger partial charge on any atom is -0.366 e. The normalized spacial score (nSPS) is 22.2. The van der Waals surface area contributed by atoms with Crippen LogP contribution in [0.4, 0.5) is 5.69 Å². The quantitative estimate of drug-likeness (QED) is 0.729. The number of carbonyl (C=O) groups is 1. The van der Waals surface area contributed by atoms with Crippen LogP contribution in [-0.4, -0.2) is 41.7 Å². The maximum atomic E-state index is 12.7. The molecule has 138 valence electrons. The molecular formula is C21H27N3OS. The molecule has 0 aliphatic carbocycles. The van der Waals surface area contributed by atoms with E-state index in [2.05, 4.69) is 62.0 Å². The van der Waals surface area contributed by atoms with E-state index >= 15 is 0 Å². The molecule has 1 fully saturated rings. The SMILES string of the molecule is CCN=C1S/C(=C/c2ccc3c(c2)C(C)=CC(C)(C)N3C)C(=O)N1CC. The van der Waals surface area contributed by atoms with E-state index in [0.29, 0.717) is 13.1 Å². The first-order valence-electron chi connectivity index (χ1n) is 9.12. The van der Waals surface area contributed by atoms with Gasteiger partial charge in [0.05, 0.1) is 10.4 Å². The first-order valence-corrected chi connectivity index (χ1v) is 9.93. The second kappa shape index (κ2) is 6.95. The second-order valence-corrected chi connectivity index (χ2v) is 8.24. The molecule has 0 aromatic heterocycles. The molecule has 26 heavy (non-hydrogen) atoms. The van der Waals surface area contributed by atoms with Crippen LogP contribution < -0.4 is 4.90 Å². The number of fused-ring (bicyclic) bond motifs is 1. The molecule has 5 heteroatoms. The molecule has 1 amide bonds. The van der Waals surface area contributed by atoms with Crippen molar-refractivity contribution in [3.05, 3.63) is 40.3 Å². The fourth-order valence-corrected chi connectivity index (χ4v) is 4.56. The molecule has 0 saturated carbocycles. The van der Waals surface area contributed by atoms with Crippen molar-refractivity contribution < 1.29 is 4.79 Å². The second-order valence-electron chi connectivity index (χ2n) is 7.23. The Bertz CT molecular complexity index is 836. The van der Waals surface area contributed by atoms with Crippen molar-refractivity contribution in [2.24, 2.45) is 4.99 Å². The van der Waals surface area contributed by atoms with Gasteiger partial charge in [-0.05, 0) is 75.7 Å². The maximum absolute atomic E-state index is 12.7. The van der Waals surface area contributed by atoms with Gasteiger partial charge in [0.15, 0.2) is 5.17 Å². The summed E-state index contributed by atoms with van der Waals surface area (Å²) in [7, 11) is 2.13. The van der Waals surface area contributed by atoms with E-state index in [1.165, 1.54) is 28.6 Å². The molecule has 0 unspecified atom stereocenters. The highest BCUT2D eigenvalue weighted by molar-refractivity contribution is 8.18. The predicted octanol–water partition coefficient (Wildman–Crippen LogP) is 4.63. The predicted molar refractivity (Wildman–Crippen MR) is 114 cm³/mol. The van der Waals surface area contributed by atoms with Gasteiger partial charge in [-0.2, -0.15) is 0 Å². The summed E-state index contributed by atoms with van der Waals surface area (Å²) >= 11 is 1.47. The number of hydrogen-bond donors (Lipinski definition) is 0. The van der Waals surface area contributed by atoms with Crippen LogP contribution in [0.5, 0.6) is 0 Å². The summed E-state index contributed by atoms with van der Waals surface area (Å²) in [5, 5.41) is 0.807. The molecule has 1 aromatic rings. The number of aliphatic imine (C=N–C) groups is 1. The molecule has 0 spiro atoms. The lowest BCUT2D eigenvalue weighted by Crippen LogP contribution is -2.42. The van der Waals surface area contributed by atoms with Gasteiger partial charge >= 0.3 is 0 Å². The van der Waals surface area contributed by atoms with Crippen LogP contribution in [0.15, 0.2) is 34.2 Å². The molecule has 1 saturated heterocycles. The number of carbonyl (C=O) groups excluding carboxylic acids is 1. The lowest BCUT2D eigenvalue weighted by molar-refractivity contribution is -0.122. The minimum absolute atomic E-state index is 0.00147. The number of likely N-dealkylation sites (N-methyl/N-ethyl adjacent to an activating group) is 2. The fraction of sp³-hybridized carbons (Fsp3) is 0.429. The number of allylic oxidation sites excluding steroid dienone is 1. The molecule has 0 atom stereocenters. The number of thioether (sulfide) groups is 1. The van der Waals surface area contributed by atoms with Crippen LogP contribution in [0.25, 0.3) is 11.6 Å².